The highest BCUT2D eigenvalue weighted by Crippen LogP contribution is 2.66. The van der Waals surface area contributed by atoms with E-state index < -0.39 is 60.8 Å². The van der Waals surface area contributed by atoms with Crippen LogP contribution in [0.5, 0.6) is 0 Å². The second kappa shape index (κ2) is 9.54. The van der Waals surface area contributed by atoms with Crippen LogP contribution < -0.4 is 0 Å². The molecular formula is C10H16FN2O13P3S2. The lowest BCUT2D eigenvalue weighted by Crippen LogP contribution is -2.48. The fourth-order valence-corrected chi connectivity index (χ4v) is 6.03. The highest BCUT2D eigenvalue weighted by Gasteiger charge is 2.56. The third-order valence-corrected chi connectivity index (χ3v) is 8.08. The van der Waals surface area contributed by atoms with Crippen molar-refractivity contribution in [1.82, 2.24) is 9.55 Å². The Morgan fingerprint density at radius 2 is 1.77 bits per heavy atom. The predicted molar refractivity (Wildman–Crippen MR) is 101 cm³/mol. The molecule has 1 aromatic heterocycles. The molecule has 21 heteroatoms. The van der Waals surface area contributed by atoms with E-state index >= 15 is 0 Å². The zero-order chi connectivity index (χ0) is 23.8. The standard InChI is InChI=1S/C10H16FN2O13P3S2/c11-3-10(4-23-28(19,20)26-29(21,22)25-27(16,17)18)7(15)6(14)8(24-10)13-2-1-5(30)12-9(13)31/h1-2,6-8,14-15H,3-4H2,(H,19,20)(H,21,22)(H,12,30,31)(H2,16,17,18)/t6-,7?,8+,10+/m0/s1. The Bertz CT molecular complexity index is 1080. The van der Waals surface area contributed by atoms with E-state index in [1.807, 2.05) is 0 Å². The predicted octanol–water partition coefficient (Wildman–Crippen LogP) is 0.577. The van der Waals surface area contributed by atoms with E-state index in [-0.39, 0.29) is 9.41 Å². The molecule has 0 bridgehead atoms. The molecule has 1 aliphatic heterocycles. The Morgan fingerprint density at radius 1 is 1.16 bits per heavy atom. The van der Waals surface area contributed by atoms with Gasteiger partial charge in [-0.15, -0.1) is 0 Å². The van der Waals surface area contributed by atoms with Crippen LogP contribution in [0.25, 0.3) is 0 Å². The van der Waals surface area contributed by atoms with Crippen LogP contribution in [-0.2, 0) is 31.6 Å². The van der Waals surface area contributed by atoms with Crippen molar-refractivity contribution in [3.8, 4) is 0 Å². The molecule has 15 nitrogen and oxygen atoms in total. The third-order valence-electron chi connectivity index (χ3n) is 3.75. The van der Waals surface area contributed by atoms with Crippen LogP contribution in [0.2, 0.25) is 0 Å². The van der Waals surface area contributed by atoms with E-state index in [4.69, 9.17) is 43.9 Å². The van der Waals surface area contributed by atoms with Crippen molar-refractivity contribution >= 4 is 47.9 Å². The Morgan fingerprint density at radius 3 is 2.29 bits per heavy atom. The van der Waals surface area contributed by atoms with Gasteiger partial charge in [-0.2, -0.15) is 8.62 Å². The van der Waals surface area contributed by atoms with Crippen molar-refractivity contribution < 1.29 is 65.8 Å². The number of H-pyrrole nitrogens is 1. The quantitative estimate of drug-likeness (QED) is 0.165. The number of phosphoric acid groups is 3. The first-order chi connectivity index (χ1) is 14.0. The number of aliphatic hydroxyl groups is 2. The van der Waals surface area contributed by atoms with Gasteiger partial charge in [0.05, 0.1) is 6.61 Å². The maximum absolute atomic E-state index is 13.8. The highest BCUT2D eigenvalue weighted by atomic mass is 32.1. The number of aliphatic hydroxyl groups excluding tert-OH is 2. The van der Waals surface area contributed by atoms with Crippen LogP contribution in [-0.4, -0.2) is 70.4 Å². The van der Waals surface area contributed by atoms with Gasteiger partial charge < -0.3 is 39.5 Å². The maximum Gasteiger partial charge on any atom is 0.490 e. The SMILES string of the molecule is O=P(O)(O)OP(=O)(O)OP(=O)(O)OC[C@@]1(CF)O[C@@H](n2ccc(=S)[nH]c2=S)[C@@H](O)C1O. The maximum atomic E-state index is 13.8. The summed E-state index contributed by atoms with van der Waals surface area (Å²) in [4.78, 5) is 38.2. The average Bonchev–Trinajstić information content (AvgIpc) is 2.82. The largest absolute Gasteiger partial charge is 0.490 e. The van der Waals surface area contributed by atoms with Crippen LogP contribution in [0.1, 0.15) is 6.23 Å². The van der Waals surface area contributed by atoms with Gasteiger partial charge in [0.25, 0.3) is 0 Å². The van der Waals surface area contributed by atoms with Gasteiger partial charge in [-0.1, -0.05) is 12.2 Å². The summed E-state index contributed by atoms with van der Waals surface area (Å²) in [6.45, 7) is -2.91. The summed E-state index contributed by atoms with van der Waals surface area (Å²) >= 11 is 9.88. The topological polar surface area (TPSA) is 230 Å². The lowest BCUT2D eigenvalue weighted by Gasteiger charge is -2.29. The van der Waals surface area contributed by atoms with Crippen molar-refractivity contribution in [2.75, 3.05) is 13.3 Å². The number of alkyl halides is 1. The molecule has 0 aliphatic carbocycles. The van der Waals surface area contributed by atoms with E-state index in [0.29, 0.717) is 0 Å². The molecule has 7 N–H and O–H groups in total. The second-order valence-corrected chi connectivity index (χ2v) is 11.3. The molecule has 0 amide bonds. The van der Waals surface area contributed by atoms with Crippen molar-refractivity contribution in [2.24, 2.45) is 0 Å². The van der Waals surface area contributed by atoms with Gasteiger partial charge in [0.2, 0.25) is 0 Å². The molecule has 6 atom stereocenters. The molecule has 2 rings (SSSR count). The van der Waals surface area contributed by atoms with Gasteiger partial charge in [0, 0.05) is 6.20 Å². The normalized spacial score (nSPS) is 30.6. The molecule has 1 fully saturated rings. The van der Waals surface area contributed by atoms with E-state index in [2.05, 4.69) is 18.1 Å². The molecule has 0 aromatic carbocycles. The van der Waals surface area contributed by atoms with Gasteiger partial charge in [-0.25, -0.2) is 18.1 Å². The molecule has 2 heterocycles. The van der Waals surface area contributed by atoms with Gasteiger partial charge in [-0.05, 0) is 18.3 Å². The monoisotopic (exact) mass is 548 g/mol. The number of ether oxygens (including phenoxy) is 1. The fraction of sp³-hybridized carbons (Fsp3) is 0.600. The minimum atomic E-state index is -5.81. The number of rotatable bonds is 9. The zero-order valence-electron chi connectivity index (χ0n) is 14.8. The van der Waals surface area contributed by atoms with Crippen molar-refractivity contribution in [2.45, 2.75) is 24.0 Å². The number of hydrogen-bond donors (Lipinski definition) is 7. The van der Waals surface area contributed by atoms with Gasteiger partial charge in [0.1, 0.15) is 23.5 Å². The summed E-state index contributed by atoms with van der Waals surface area (Å²) in [7, 11) is -17.0. The number of nitrogens with zero attached hydrogens (tertiary/aromatic N) is 1. The molecule has 0 saturated carbocycles. The Labute approximate surface area is 182 Å². The van der Waals surface area contributed by atoms with Gasteiger partial charge in [-0.3, -0.25) is 9.09 Å². The molecule has 1 saturated heterocycles. The lowest BCUT2D eigenvalue weighted by molar-refractivity contribution is -0.135. The summed E-state index contributed by atoms with van der Waals surface area (Å²) < 4.78 is 65.5. The van der Waals surface area contributed by atoms with Crippen LogP contribution in [0.4, 0.5) is 4.39 Å². The molecule has 31 heavy (non-hydrogen) atoms. The molecule has 3 unspecified atom stereocenters. The summed E-state index contributed by atoms with van der Waals surface area (Å²) in [5.41, 5.74) is -2.48. The summed E-state index contributed by atoms with van der Waals surface area (Å²) in [5, 5.41) is 20.5. The highest BCUT2D eigenvalue weighted by molar-refractivity contribution is 7.72. The number of hydrogen-bond acceptors (Lipinski definition) is 11. The molecule has 0 radical (unpaired) electrons. The van der Waals surface area contributed by atoms with E-state index in [9.17, 15) is 33.2 Å². The molecule has 1 aliphatic rings. The number of aromatic nitrogens is 2. The first-order valence-electron chi connectivity index (χ1n) is 7.71. The van der Waals surface area contributed by atoms with E-state index in [1.165, 1.54) is 12.3 Å². The molecule has 1 aromatic rings. The van der Waals surface area contributed by atoms with Crippen LogP contribution in [0.3, 0.4) is 0 Å². The summed E-state index contributed by atoms with van der Waals surface area (Å²) in [6, 6.07) is 1.34. The smallest absolute Gasteiger partial charge is 0.387 e. The first-order valence-corrected chi connectivity index (χ1v) is 13.0. The minimum absolute atomic E-state index is 0.0775. The molecule has 0 spiro atoms. The second-order valence-electron chi connectivity index (χ2n) is 6.02. The van der Waals surface area contributed by atoms with E-state index in [0.717, 1.165) is 4.57 Å². The zero-order valence-corrected chi connectivity index (χ0v) is 19.1. The lowest BCUT2D eigenvalue weighted by atomic mass is 9.98. The average molecular weight is 548 g/mol. The van der Waals surface area contributed by atoms with Gasteiger partial charge in [0.15, 0.2) is 16.6 Å². The fourth-order valence-electron chi connectivity index (χ4n) is 2.46. The number of halogens is 1. The van der Waals surface area contributed by atoms with Crippen LogP contribution >= 0.6 is 47.9 Å². The van der Waals surface area contributed by atoms with Crippen molar-refractivity contribution in [3.63, 3.8) is 0 Å². The number of aromatic amines is 1. The van der Waals surface area contributed by atoms with Crippen LogP contribution in [0.15, 0.2) is 12.3 Å². The summed E-state index contributed by atoms with van der Waals surface area (Å²) in [5.74, 6) is 0. The Hall–Kier alpha value is -0.260. The minimum Gasteiger partial charge on any atom is -0.387 e. The van der Waals surface area contributed by atoms with Crippen molar-refractivity contribution in [1.29, 1.82) is 0 Å². The Kier molecular flexibility index (Phi) is 8.31. The van der Waals surface area contributed by atoms with E-state index in [1.54, 1.807) is 0 Å². The van der Waals surface area contributed by atoms with Crippen molar-refractivity contribution in [3.05, 3.63) is 21.7 Å². The van der Waals surface area contributed by atoms with Gasteiger partial charge >= 0.3 is 23.5 Å². The third kappa shape index (κ3) is 6.86. The molecular weight excluding hydrogens is 532 g/mol. The number of phosphoric ester groups is 1. The first kappa shape index (κ1) is 27.0. The summed E-state index contributed by atoms with van der Waals surface area (Å²) in [6.07, 6.45) is -4.12. The molecule has 178 valence electrons. The van der Waals surface area contributed by atoms with Crippen LogP contribution in [0, 0.1) is 9.41 Å². The number of nitrogens with one attached hydrogen (secondary N) is 1. The Balaban J connectivity index is 2.21.